The second kappa shape index (κ2) is 10.1. The van der Waals surface area contributed by atoms with Crippen molar-refractivity contribution in [3.05, 3.63) is 77.5 Å². The quantitative estimate of drug-likeness (QED) is 0.568. The third kappa shape index (κ3) is 5.30. The van der Waals surface area contributed by atoms with E-state index in [-0.39, 0.29) is 17.5 Å². The van der Waals surface area contributed by atoms with Crippen molar-refractivity contribution in [3.63, 3.8) is 0 Å². The number of amides is 2. The van der Waals surface area contributed by atoms with Crippen LogP contribution in [0.3, 0.4) is 0 Å². The van der Waals surface area contributed by atoms with Crippen LogP contribution in [0.5, 0.6) is 0 Å². The average Bonchev–Trinajstić information content (AvgIpc) is 3.51. The van der Waals surface area contributed by atoms with Gasteiger partial charge in [-0.15, -0.1) is 0 Å². The Morgan fingerprint density at radius 2 is 1.88 bits per heavy atom. The predicted molar refractivity (Wildman–Crippen MR) is 116 cm³/mol. The van der Waals surface area contributed by atoms with Crippen LogP contribution in [0.1, 0.15) is 34.8 Å². The SMILES string of the molecule is CCc1nc(CN2CCN(C(=O)C(=Cc3ccco3)NC(=O)c3ccccc3)CC2)no1. The standard InChI is InChI=1S/C23H25N5O4/c1-2-21-25-20(26-32-21)16-27-10-12-28(13-11-27)23(30)19(15-18-9-6-14-31-18)24-22(29)17-7-4-3-5-8-17/h3-9,14-15H,2,10-13,16H2,1H3,(H,24,29). The molecule has 166 valence electrons. The van der Waals surface area contributed by atoms with E-state index in [9.17, 15) is 9.59 Å². The minimum Gasteiger partial charge on any atom is -0.465 e. The molecule has 0 bridgehead atoms. The second-order valence-electron chi connectivity index (χ2n) is 7.42. The van der Waals surface area contributed by atoms with Crippen molar-refractivity contribution >= 4 is 17.9 Å². The number of rotatable bonds is 7. The first-order valence-corrected chi connectivity index (χ1v) is 10.6. The fourth-order valence-corrected chi connectivity index (χ4v) is 3.43. The van der Waals surface area contributed by atoms with Crippen molar-refractivity contribution < 1.29 is 18.5 Å². The molecule has 1 saturated heterocycles. The van der Waals surface area contributed by atoms with Crippen LogP contribution >= 0.6 is 0 Å². The fraction of sp³-hybridized carbons (Fsp3) is 0.304. The van der Waals surface area contributed by atoms with Crippen LogP contribution in [0.25, 0.3) is 6.08 Å². The number of piperazine rings is 1. The summed E-state index contributed by atoms with van der Waals surface area (Å²) in [5, 5.41) is 6.75. The van der Waals surface area contributed by atoms with Crippen molar-refractivity contribution in [1.29, 1.82) is 0 Å². The van der Waals surface area contributed by atoms with E-state index in [4.69, 9.17) is 8.94 Å². The van der Waals surface area contributed by atoms with Gasteiger partial charge in [0.05, 0.1) is 12.8 Å². The molecule has 9 nitrogen and oxygen atoms in total. The maximum absolute atomic E-state index is 13.2. The molecule has 3 aromatic rings. The Balaban J connectivity index is 1.41. The van der Waals surface area contributed by atoms with Gasteiger partial charge in [0.1, 0.15) is 11.5 Å². The highest BCUT2D eigenvalue weighted by molar-refractivity contribution is 6.05. The lowest BCUT2D eigenvalue weighted by Crippen LogP contribution is -2.50. The topological polar surface area (TPSA) is 105 Å². The van der Waals surface area contributed by atoms with E-state index in [1.54, 1.807) is 47.4 Å². The highest BCUT2D eigenvalue weighted by Gasteiger charge is 2.26. The molecule has 0 radical (unpaired) electrons. The van der Waals surface area contributed by atoms with Crippen LogP contribution in [-0.4, -0.2) is 57.9 Å². The van der Waals surface area contributed by atoms with Gasteiger partial charge >= 0.3 is 0 Å². The van der Waals surface area contributed by atoms with E-state index in [1.807, 2.05) is 13.0 Å². The van der Waals surface area contributed by atoms with Crippen LogP contribution in [0.15, 0.2) is 63.4 Å². The second-order valence-corrected chi connectivity index (χ2v) is 7.42. The van der Waals surface area contributed by atoms with Gasteiger partial charge in [-0.3, -0.25) is 14.5 Å². The Kier molecular flexibility index (Phi) is 6.76. The number of aromatic nitrogens is 2. The molecule has 0 saturated carbocycles. The molecule has 3 heterocycles. The number of hydrogen-bond donors (Lipinski definition) is 1. The Morgan fingerprint density at radius 1 is 1.09 bits per heavy atom. The molecule has 32 heavy (non-hydrogen) atoms. The van der Waals surface area contributed by atoms with Crippen LogP contribution < -0.4 is 5.32 Å². The van der Waals surface area contributed by atoms with E-state index < -0.39 is 0 Å². The van der Waals surface area contributed by atoms with E-state index >= 15 is 0 Å². The summed E-state index contributed by atoms with van der Waals surface area (Å²) in [6.07, 6.45) is 3.78. The minimum atomic E-state index is -0.348. The first-order chi connectivity index (χ1) is 15.6. The molecule has 1 aromatic carbocycles. The van der Waals surface area contributed by atoms with Gasteiger partial charge in [0, 0.05) is 44.2 Å². The third-order valence-corrected chi connectivity index (χ3v) is 5.18. The van der Waals surface area contributed by atoms with Crippen LogP contribution in [0, 0.1) is 0 Å². The molecule has 0 spiro atoms. The van der Waals surface area contributed by atoms with Crippen molar-refractivity contribution in [2.45, 2.75) is 19.9 Å². The third-order valence-electron chi connectivity index (χ3n) is 5.18. The highest BCUT2D eigenvalue weighted by Crippen LogP contribution is 2.13. The Labute approximate surface area is 185 Å². The molecule has 0 atom stereocenters. The molecule has 1 aliphatic heterocycles. The Hall–Kier alpha value is -3.72. The molecule has 2 aromatic heterocycles. The number of hydrogen-bond acceptors (Lipinski definition) is 7. The molecule has 2 amide bonds. The lowest BCUT2D eigenvalue weighted by atomic mass is 10.2. The lowest BCUT2D eigenvalue weighted by molar-refractivity contribution is -0.129. The largest absolute Gasteiger partial charge is 0.465 e. The first kappa shape index (κ1) is 21.5. The number of carbonyl (C=O) groups excluding carboxylic acids is 2. The molecular weight excluding hydrogens is 410 g/mol. The number of carbonyl (C=O) groups is 2. The average molecular weight is 435 g/mol. The molecule has 1 N–H and O–H groups in total. The smallest absolute Gasteiger partial charge is 0.270 e. The molecule has 9 heteroatoms. The maximum Gasteiger partial charge on any atom is 0.270 e. The van der Waals surface area contributed by atoms with Gasteiger partial charge in [0.2, 0.25) is 5.89 Å². The van der Waals surface area contributed by atoms with Crippen molar-refractivity contribution in [2.75, 3.05) is 26.2 Å². The summed E-state index contributed by atoms with van der Waals surface area (Å²) in [7, 11) is 0. The summed E-state index contributed by atoms with van der Waals surface area (Å²) in [5.41, 5.74) is 0.648. The summed E-state index contributed by atoms with van der Waals surface area (Å²) >= 11 is 0. The lowest BCUT2D eigenvalue weighted by Gasteiger charge is -2.34. The predicted octanol–water partition coefficient (Wildman–Crippen LogP) is 2.34. The normalized spacial score (nSPS) is 15.0. The summed E-state index contributed by atoms with van der Waals surface area (Å²) in [6.45, 7) is 4.92. The van der Waals surface area contributed by atoms with E-state index in [0.717, 1.165) is 0 Å². The minimum absolute atomic E-state index is 0.174. The molecule has 1 aliphatic rings. The summed E-state index contributed by atoms with van der Waals surface area (Å²) in [6, 6.07) is 12.2. The van der Waals surface area contributed by atoms with Crippen LogP contribution in [0.2, 0.25) is 0 Å². The zero-order chi connectivity index (χ0) is 22.3. The number of aryl methyl sites for hydroxylation is 1. The van der Waals surface area contributed by atoms with Gasteiger partial charge in [0.15, 0.2) is 5.82 Å². The molecular formula is C23H25N5O4. The van der Waals surface area contributed by atoms with Gasteiger partial charge in [-0.05, 0) is 24.3 Å². The van der Waals surface area contributed by atoms with E-state index in [0.29, 0.717) is 62.2 Å². The number of nitrogens with zero attached hydrogens (tertiary/aromatic N) is 4. The molecule has 1 fully saturated rings. The van der Waals surface area contributed by atoms with Gasteiger partial charge in [0.25, 0.3) is 11.8 Å². The zero-order valence-corrected chi connectivity index (χ0v) is 17.9. The van der Waals surface area contributed by atoms with Gasteiger partial charge in [-0.2, -0.15) is 4.98 Å². The monoisotopic (exact) mass is 435 g/mol. The van der Waals surface area contributed by atoms with E-state index in [1.165, 1.54) is 6.26 Å². The van der Waals surface area contributed by atoms with Gasteiger partial charge in [-0.1, -0.05) is 30.3 Å². The van der Waals surface area contributed by atoms with E-state index in [2.05, 4.69) is 20.4 Å². The van der Waals surface area contributed by atoms with Crippen LogP contribution in [0.4, 0.5) is 0 Å². The van der Waals surface area contributed by atoms with Gasteiger partial charge in [-0.25, -0.2) is 0 Å². The van der Waals surface area contributed by atoms with Crippen molar-refractivity contribution in [1.82, 2.24) is 25.3 Å². The highest BCUT2D eigenvalue weighted by atomic mass is 16.5. The summed E-state index contributed by atoms with van der Waals surface area (Å²) < 4.78 is 10.5. The molecule has 0 aliphatic carbocycles. The maximum atomic E-state index is 13.2. The molecule has 0 unspecified atom stereocenters. The number of nitrogens with one attached hydrogen (secondary N) is 1. The Morgan fingerprint density at radius 3 is 2.53 bits per heavy atom. The number of benzene rings is 1. The Bertz CT molecular complexity index is 1070. The van der Waals surface area contributed by atoms with Crippen molar-refractivity contribution in [2.24, 2.45) is 0 Å². The first-order valence-electron chi connectivity index (χ1n) is 10.6. The van der Waals surface area contributed by atoms with Gasteiger partial charge < -0.3 is 19.2 Å². The van der Waals surface area contributed by atoms with Crippen LogP contribution in [-0.2, 0) is 17.8 Å². The summed E-state index contributed by atoms with van der Waals surface area (Å²) in [5.74, 6) is 1.16. The zero-order valence-electron chi connectivity index (χ0n) is 17.9. The number of furan rings is 1. The fourth-order valence-electron chi connectivity index (χ4n) is 3.43. The summed E-state index contributed by atoms with van der Waals surface area (Å²) in [4.78, 5) is 34.2. The molecule has 4 rings (SSSR count). The van der Waals surface area contributed by atoms with Crippen molar-refractivity contribution in [3.8, 4) is 0 Å².